The van der Waals surface area contributed by atoms with Crippen molar-refractivity contribution in [1.82, 2.24) is 9.97 Å². The minimum absolute atomic E-state index is 0.163. The number of aromatic nitrogens is 2. The summed E-state index contributed by atoms with van der Waals surface area (Å²) in [6.45, 7) is 0. The number of fused-ring (bicyclic) bond motifs is 1. The second-order valence-corrected chi connectivity index (χ2v) is 9.97. The molecule has 1 aromatic heterocycles. The predicted octanol–water partition coefficient (Wildman–Crippen LogP) is 3.57. The zero-order valence-electron chi connectivity index (χ0n) is 15.0. The van der Waals surface area contributed by atoms with Crippen LogP contribution in [0, 0.1) is 11.6 Å². The van der Waals surface area contributed by atoms with Gasteiger partial charge in [-0.25, -0.2) is 35.6 Å². The molecule has 0 bridgehead atoms. The summed E-state index contributed by atoms with van der Waals surface area (Å²) in [5.41, 5.74) is 0.326. The van der Waals surface area contributed by atoms with Crippen LogP contribution in [0.15, 0.2) is 92.6 Å². The summed E-state index contributed by atoms with van der Waals surface area (Å²) in [4.78, 5) is 7.43. The first-order valence-corrected chi connectivity index (χ1v) is 11.4. The standard InChI is InChI=1S/C20H12F2N2O4S2/c21-13-5-9-15(10-6-13)29(25,26)19-20(24-18-4-2-1-3-17(18)23-19)30(27,28)16-11-7-14(22)8-12-16/h1-12H. The molecule has 152 valence electrons. The van der Waals surface area contributed by atoms with Crippen molar-refractivity contribution in [2.24, 2.45) is 0 Å². The Labute approximate surface area is 170 Å². The van der Waals surface area contributed by atoms with Crippen LogP contribution in [0.2, 0.25) is 0 Å². The summed E-state index contributed by atoms with van der Waals surface area (Å²) in [7, 11) is -8.94. The molecular formula is C20H12F2N2O4S2. The lowest BCUT2D eigenvalue weighted by atomic mass is 10.3. The van der Waals surface area contributed by atoms with E-state index in [2.05, 4.69) is 9.97 Å². The maximum Gasteiger partial charge on any atom is 0.226 e. The van der Waals surface area contributed by atoms with Crippen LogP contribution < -0.4 is 0 Å². The first-order valence-electron chi connectivity index (χ1n) is 8.48. The molecule has 0 fully saturated rings. The van der Waals surface area contributed by atoms with Crippen LogP contribution in [-0.4, -0.2) is 26.8 Å². The molecule has 30 heavy (non-hydrogen) atoms. The van der Waals surface area contributed by atoms with Crippen LogP contribution in [-0.2, 0) is 19.7 Å². The first kappa shape index (κ1) is 20.0. The molecule has 0 aliphatic rings. The summed E-state index contributed by atoms with van der Waals surface area (Å²) in [6, 6.07) is 14.0. The van der Waals surface area contributed by atoms with E-state index < -0.39 is 41.4 Å². The molecule has 10 heteroatoms. The van der Waals surface area contributed by atoms with E-state index in [0.29, 0.717) is 0 Å². The summed E-state index contributed by atoms with van der Waals surface area (Å²) in [5.74, 6) is -1.31. The molecule has 0 radical (unpaired) electrons. The number of halogens is 2. The molecule has 0 amide bonds. The van der Waals surface area contributed by atoms with Crippen LogP contribution in [0.25, 0.3) is 11.0 Å². The monoisotopic (exact) mass is 446 g/mol. The Kier molecular flexibility index (Phi) is 4.83. The average molecular weight is 446 g/mol. The quantitative estimate of drug-likeness (QED) is 0.445. The second kappa shape index (κ2) is 7.22. The zero-order valence-corrected chi connectivity index (χ0v) is 16.7. The molecule has 0 aliphatic carbocycles. The number of hydrogen-bond acceptors (Lipinski definition) is 6. The summed E-state index contributed by atoms with van der Waals surface area (Å²) in [5, 5.41) is -1.59. The van der Waals surface area contributed by atoms with E-state index in [1.807, 2.05) is 0 Å². The molecule has 4 aromatic rings. The van der Waals surface area contributed by atoms with Crippen LogP contribution in [0.1, 0.15) is 0 Å². The van der Waals surface area contributed by atoms with Gasteiger partial charge in [0.15, 0.2) is 10.1 Å². The first-order chi connectivity index (χ1) is 14.2. The predicted molar refractivity (Wildman–Crippen MR) is 103 cm³/mol. The third-order valence-electron chi connectivity index (χ3n) is 4.27. The highest BCUT2D eigenvalue weighted by Gasteiger charge is 2.33. The van der Waals surface area contributed by atoms with Gasteiger partial charge in [0.2, 0.25) is 19.7 Å². The third kappa shape index (κ3) is 3.44. The summed E-state index contributed by atoms with van der Waals surface area (Å²) >= 11 is 0. The van der Waals surface area contributed by atoms with Crippen molar-refractivity contribution in [3.05, 3.63) is 84.4 Å². The average Bonchev–Trinajstić information content (AvgIpc) is 2.73. The van der Waals surface area contributed by atoms with Crippen LogP contribution in [0.4, 0.5) is 8.78 Å². The zero-order chi connectivity index (χ0) is 21.5. The minimum Gasteiger partial charge on any atom is -0.231 e. The van der Waals surface area contributed by atoms with E-state index in [0.717, 1.165) is 48.5 Å². The Morgan fingerprint density at radius 3 is 1.20 bits per heavy atom. The van der Waals surface area contributed by atoms with Gasteiger partial charge in [-0.15, -0.1) is 0 Å². The largest absolute Gasteiger partial charge is 0.231 e. The fourth-order valence-corrected chi connectivity index (χ4v) is 5.85. The number of rotatable bonds is 4. The van der Waals surface area contributed by atoms with Crippen molar-refractivity contribution in [1.29, 1.82) is 0 Å². The van der Waals surface area contributed by atoms with Gasteiger partial charge in [-0.2, -0.15) is 0 Å². The Morgan fingerprint density at radius 1 is 0.533 bits per heavy atom. The number of nitrogens with zero attached hydrogens (tertiary/aromatic N) is 2. The summed E-state index contributed by atoms with van der Waals surface area (Å²) < 4.78 is 79.3. The smallest absolute Gasteiger partial charge is 0.226 e. The van der Waals surface area contributed by atoms with E-state index in [-0.39, 0.29) is 20.8 Å². The maximum absolute atomic E-state index is 13.3. The van der Waals surface area contributed by atoms with E-state index in [4.69, 9.17) is 0 Å². The van der Waals surface area contributed by atoms with Gasteiger partial charge < -0.3 is 0 Å². The molecule has 0 atom stereocenters. The lowest BCUT2D eigenvalue weighted by Crippen LogP contribution is -2.15. The van der Waals surface area contributed by atoms with Gasteiger partial charge in [0, 0.05) is 0 Å². The van der Waals surface area contributed by atoms with Gasteiger partial charge in [0.1, 0.15) is 11.6 Å². The maximum atomic E-state index is 13.3. The van der Waals surface area contributed by atoms with E-state index in [9.17, 15) is 25.6 Å². The van der Waals surface area contributed by atoms with Crippen molar-refractivity contribution in [2.45, 2.75) is 19.8 Å². The molecule has 1 heterocycles. The third-order valence-corrected chi connectivity index (χ3v) is 7.77. The number of sulfone groups is 2. The lowest BCUT2D eigenvalue weighted by Gasteiger charge is -2.11. The van der Waals surface area contributed by atoms with Crippen molar-refractivity contribution >= 4 is 30.7 Å². The van der Waals surface area contributed by atoms with Crippen molar-refractivity contribution < 1.29 is 25.6 Å². The Morgan fingerprint density at radius 2 is 0.867 bits per heavy atom. The Bertz CT molecular complexity index is 1360. The van der Waals surface area contributed by atoms with Gasteiger partial charge in [0.25, 0.3) is 0 Å². The van der Waals surface area contributed by atoms with Gasteiger partial charge >= 0.3 is 0 Å². The second-order valence-electron chi connectivity index (χ2n) is 6.24. The number of benzene rings is 3. The van der Waals surface area contributed by atoms with Crippen molar-refractivity contribution in [2.75, 3.05) is 0 Å². The van der Waals surface area contributed by atoms with Gasteiger partial charge in [-0.1, -0.05) is 12.1 Å². The van der Waals surface area contributed by atoms with Gasteiger partial charge in [-0.05, 0) is 60.7 Å². The fourth-order valence-electron chi connectivity index (χ4n) is 2.77. The molecule has 6 nitrogen and oxygen atoms in total. The van der Waals surface area contributed by atoms with Gasteiger partial charge in [-0.3, -0.25) is 0 Å². The number of para-hydroxylation sites is 2. The van der Waals surface area contributed by atoms with Crippen molar-refractivity contribution in [3.8, 4) is 0 Å². The molecule has 3 aromatic carbocycles. The minimum atomic E-state index is -4.47. The van der Waals surface area contributed by atoms with Crippen LogP contribution >= 0.6 is 0 Å². The van der Waals surface area contributed by atoms with Gasteiger partial charge in [0.05, 0.1) is 20.8 Å². The molecule has 0 N–H and O–H groups in total. The normalized spacial score (nSPS) is 12.2. The van der Waals surface area contributed by atoms with Crippen molar-refractivity contribution in [3.63, 3.8) is 0 Å². The van der Waals surface area contributed by atoms with E-state index in [1.165, 1.54) is 12.1 Å². The van der Waals surface area contributed by atoms with Crippen LogP contribution in [0.5, 0.6) is 0 Å². The molecule has 0 unspecified atom stereocenters. The SMILES string of the molecule is O=S(=O)(c1ccc(F)cc1)c1nc2ccccc2nc1S(=O)(=O)c1ccc(F)cc1. The highest BCUT2D eigenvalue weighted by atomic mass is 32.2. The molecule has 4 rings (SSSR count). The Balaban J connectivity index is 2.04. The topological polar surface area (TPSA) is 94.1 Å². The highest BCUT2D eigenvalue weighted by molar-refractivity contribution is 7.94. The van der Waals surface area contributed by atoms with E-state index in [1.54, 1.807) is 12.1 Å². The fraction of sp³-hybridized carbons (Fsp3) is 0. The molecule has 0 saturated carbocycles. The van der Waals surface area contributed by atoms with Crippen LogP contribution in [0.3, 0.4) is 0 Å². The Hall–Kier alpha value is -3.24. The van der Waals surface area contributed by atoms with E-state index >= 15 is 0 Å². The molecule has 0 saturated heterocycles. The summed E-state index contributed by atoms with van der Waals surface area (Å²) in [6.07, 6.45) is 0. The molecular weight excluding hydrogens is 434 g/mol. The molecule has 0 aliphatic heterocycles. The highest BCUT2D eigenvalue weighted by Crippen LogP contribution is 2.30. The molecule has 0 spiro atoms. The lowest BCUT2D eigenvalue weighted by molar-refractivity contribution is 0.572. The number of hydrogen-bond donors (Lipinski definition) is 0.